The first-order valence-electron chi connectivity index (χ1n) is 5.33. The molecule has 2 N–H and O–H groups in total. The van der Waals surface area contributed by atoms with E-state index in [0.717, 1.165) is 5.69 Å². The molecule has 0 aliphatic rings. The molecule has 0 atom stereocenters. The second kappa shape index (κ2) is 6.33. The molecule has 0 aromatic heterocycles. The van der Waals surface area contributed by atoms with E-state index in [0.29, 0.717) is 24.1 Å². The highest BCUT2D eigenvalue weighted by molar-refractivity contribution is 5.86. The highest BCUT2D eigenvalue weighted by atomic mass is 16.4. The van der Waals surface area contributed by atoms with Gasteiger partial charge in [0.1, 0.15) is 0 Å². The molecule has 1 aromatic carbocycles. The summed E-state index contributed by atoms with van der Waals surface area (Å²) in [6.45, 7) is 2.27. The Labute approximate surface area is 100 Å². The van der Waals surface area contributed by atoms with Gasteiger partial charge in [0.2, 0.25) is 0 Å². The molecule has 1 rings (SSSR count). The minimum atomic E-state index is -0.880. The maximum Gasteiger partial charge on any atom is 0.331 e. The second-order valence-corrected chi connectivity index (χ2v) is 3.46. The zero-order valence-corrected chi connectivity index (χ0v) is 9.60. The third-order valence-corrected chi connectivity index (χ3v) is 2.32. The molecule has 0 fully saturated rings. The van der Waals surface area contributed by atoms with Crippen LogP contribution in [0.25, 0.3) is 0 Å². The largest absolute Gasteiger partial charge is 0.478 e. The molecule has 0 aliphatic heterocycles. The maximum atomic E-state index is 10.7. The van der Waals surface area contributed by atoms with Crippen molar-refractivity contribution in [2.75, 3.05) is 11.9 Å². The molecule has 0 heterocycles. The summed E-state index contributed by atoms with van der Waals surface area (Å²) in [5.74, 6) is -0.880. The van der Waals surface area contributed by atoms with Gasteiger partial charge in [-0.25, -0.2) is 4.79 Å². The Morgan fingerprint density at radius 2 is 2.12 bits per heavy atom. The van der Waals surface area contributed by atoms with Gasteiger partial charge in [0.25, 0.3) is 0 Å². The minimum Gasteiger partial charge on any atom is -0.478 e. The van der Waals surface area contributed by atoms with Gasteiger partial charge in [-0.1, -0.05) is 13.0 Å². The Bertz CT molecular complexity index is 455. The number of anilines is 1. The van der Waals surface area contributed by atoms with Crippen LogP contribution in [0.2, 0.25) is 0 Å². The number of carboxylic acids is 1. The van der Waals surface area contributed by atoms with Crippen molar-refractivity contribution in [1.82, 2.24) is 0 Å². The Morgan fingerprint density at radius 1 is 1.47 bits per heavy atom. The van der Waals surface area contributed by atoms with Crippen molar-refractivity contribution in [2.45, 2.75) is 13.3 Å². The monoisotopic (exact) mass is 230 g/mol. The number of nitrogens with zero attached hydrogens (tertiary/aromatic N) is 1. The molecule has 0 saturated carbocycles. The van der Waals surface area contributed by atoms with Gasteiger partial charge in [-0.05, 0) is 30.7 Å². The van der Waals surface area contributed by atoms with E-state index in [-0.39, 0.29) is 0 Å². The van der Waals surface area contributed by atoms with Gasteiger partial charge in [-0.15, -0.1) is 0 Å². The van der Waals surface area contributed by atoms with E-state index in [1.165, 1.54) is 0 Å². The lowest BCUT2D eigenvalue weighted by Gasteiger charge is -2.04. The molecule has 0 aliphatic carbocycles. The number of hydrogen-bond acceptors (Lipinski definition) is 3. The van der Waals surface area contributed by atoms with Crippen LogP contribution in [0.4, 0.5) is 5.69 Å². The maximum absolute atomic E-state index is 10.7. The SMILES string of the molecule is CC/C(=C/CNc1ccc(C#N)cc1)C(=O)O. The van der Waals surface area contributed by atoms with Gasteiger partial charge in [0.15, 0.2) is 0 Å². The quantitative estimate of drug-likeness (QED) is 0.762. The van der Waals surface area contributed by atoms with Crippen molar-refractivity contribution < 1.29 is 9.90 Å². The molecule has 17 heavy (non-hydrogen) atoms. The van der Waals surface area contributed by atoms with E-state index in [1.807, 2.05) is 13.0 Å². The zero-order valence-electron chi connectivity index (χ0n) is 9.60. The van der Waals surface area contributed by atoms with Crippen molar-refractivity contribution in [1.29, 1.82) is 5.26 Å². The smallest absolute Gasteiger partial charge is 0.331 e. The van der Waals surface area contributed by atoms with Gasteiger partial charge in [-0.2, -0.15) is 5.26 Å². The number of nitrogens with one attached hydrogen (secondary N) is 1. The van der Waals surface area contributed by atoms with Crippen molar-refractivity contribution in [3.63, 3.8) is 0 Å². The van der Waals surface area contributed by atoms with E-state index in [4.69, 9.17) is 10.4 Å². The third-order valence-electron chi connectivity index (χ3n) is 2.32. The van der Waals surface area contributed by atoms with Gasteiger partial charge in [0, 0.05) is 17.8 Å². The summed E-state index contributed by atoms with van der Waals surface area (Å²) in [4.78, 5) is 10.7. The van der Waals surface area contributed by atoms with E-state index in [9.17, 15) is 4.79 Å². The average Bonchev–Trinajstić information content (AvgIpc) is 2.35. The lowest BCUT2D eigenvalue weighted by atomic mass is 10.2. The van der Waals surface area contributed by atoms with Crippen LogP contribution in [0.15, 0.2) is 35.9 Å². The number of nitriles is 1. The molecule has 4 nitrogen and oxygen atoms in total. The zero-order chi connectivity index (χ0) is 12.7. The summed E-state index contributed by atoms with van der Waals surface area (Å²) >= 11 is 0. The van der Waals surface area contributed by atoms with Crippen LogP contribution in [0, 0.1) is 11.3 Å². The van der Waals surface area contributed by atoms with Crippen LogP contribution in [0.5, 0.6) is 0 Å². The van der Waals surface area contributed by atoms with Gasteiger partial charge in [0.05, 0.1) is 11.6 Å². The third kappa shape index (κ3) is 3.99. The normalized spacial score (nSPS) is 10.7. The average molecular weight is 230 g/mol. The number of hydrogen-bond donors (Lipinski definition) is 2. The lowest BCUT2D eigenvalue weighted by Crippen LogP contribution is -2.04. The van der Waals surface area contributed by atoms with Gasteiger partial charge in [-0.3, -0.25) is 0 Å². The van der Waals surface area contributed by atoms with E-state index in [2.05, 4.69) is 5.32 Å². The molecule has 0 radical (unpaired) electrons. The Hall–Kier alpha value is -2.28. The Balaban J connectivity index is 2.56. The molecule has 1 aromatic rings. The first-order chi connectivity index (χ1) is 8.17. The van der Waals surface area contributed by atoms with Crippen molar-refractivity contribution in [3.05, 3.63) is 41.5 Å². The highest BCUT2D eigenvalue weighted by Gasteiger charge is 2.02. The fraction of sp³-hybridized carbons (Fsp3) is 0.231. The Kier molecular flexibility index (Phi) is 4.77. The van der Waals surface area contributed by atoms with Crippen LogP contribution in [-0.4, -0.2) is 17.6 Å². The molecule has 4 heteroatoms. The number of benzene rings is 1. The first-order valence-corrected chi connectivity index (χ1v) is 5.33. The topological polar surface area (TPSA) is 73.1 Å². The molecular weight excluding hydrogens is 216 g/mol. The molecule has 0 spiro atoms. The summed E-state index contributed by atoms with van der Waals surface area (Å²) in [5.41, 5.74) is 1.86. The number of carbonyl (C=O) groups is 1. The first kappa shape index (κ1) is 12.8. The number of carboxylic acid groups (broad SMARTS) is 1. The van der Waals surface area contributed by atoms with E-state index >= 15 is 0 Å². The molecular formula is C13H14N2O2. The molecule has 0 bridgehead atoms. The van der Waals surface area contributed by atoms with Crippen LogP contribution >= 0.6 is 0 Å². The van der Waals surface area contributed by atoms with Crippen molar-refractivity contribution in [2.24, 2.45) is 0 Å². The molecule has 0 saturated heterocycles. The second-order valence-electron chi connectivity index (χ2n) is 3.46. The summed E-state index contributed by atoms with van der Waals surface area (Å²) in [6, 6.07) is 9.04. The van der Waals surface area contributed by atoms with Crippen LogP contribution in [0.1, 0.15) is 18.9 Å². The molecule has 0 amide bonds. The van der Waals surface area contributed by atoms with Crippen molar-refractivity contribution >= 4 is 11.7 Å². The van der Waals surface area contributed by atoms with Gasteiger partial charge >= 0.3 is 5.97 Å². The van der Waals surface area contributed by atoms with E-state index in [1.54, 1.807) is 30.3 Å². The van der Waals surface area contributed by atoms with E-state index < -0.39 is 5.97 Å². The van der Waals surface area contributed by atoms with Crippen molar-refractivity contribution in [3.8, 4) is 6.07 Å². The predicted molar refractivity (Wildman–Crippen MR) is 65.7 cm³/mol. The van der Waals surface area contributed by atoms with Crippen LogP contribution in [0.3, 0.4) is 0 Å². The summed E-state index contributed by atoms with van der Waals surface area (Å²) in [7, 11) is 0. The number of aliphatic carboxylic acids is 1. The fourth-order valence-electron chi connectivity index (χ4n) is 1.34. The van der Waals surface area contributed by atoms with Crippen LogP contribution < -0.4 is 5.32 Å². The highest BCUT2D eigenvalue weighted by Crippen LogP contribution is 2.08. The lowest BCUT2D eigenvalue weighted by molar-refractivity contribution is -0.132. The molecule has 0 unspecified atom stereocenters. The standard InChI is InChI=1S/C13H14N2O2/c1-2-11(13(16)17)7-8-15-12-5-3-10(9-14)4-6-12/h3-7,15H,2,8H2,1H3,(H,16,17)/b11-7-. The summed E-state index contributed by atoms with van der Waals surface area (Å²) < 4.78 is 0. The van der Waals surface area contributed by atoms with Crippen LogP contribution in [-0.2, 0) is 4.79 Å². The predicted octanol–water partition coefficient (Wildman–Crippen LogP) is 2.39. The Morgan fingerprint density at radius 3 is 2.59 bits per heavy atom. The fourth-order valence-corrected chi connectivity index (χ4v) is 1.34. The minimum absolute atomic E-state index is 0.395. The summed E-state index contributed by atoms with van der Waals surface area (Å²) in [5, 5.41) is 20.5. The number of rotatable bonds is 5. The summed E-state index contributed by atoms with van der Waals surface area (Å²) in [6.07, 6.45) is 2.16. The molecule has 88 valence electrons. The van der Waals surface area contributed by atoms with Gasteiger partial charge < -0.3 is 10.4 Å².